The van der Waals surface area contributed by atoms with Crippen molar-refractivity contribution in [2.75, 3.05) is 13.2 Å². The van der Waals surface area contributed by atoms with Crippen molar-refractivity contribution in [3.63, 3.8) is 0 Å². The number of carbonyl (C=O) groups is 1. The summed E-state index contributed by atoms with van der Waals surface area (Å²) in [6.07, 6.45) is 0.661. The van der Waals surface area contributed by atoms with Gasteiger partial charge in [-0.15, -0.1) is 0 Å². The highest BCUT2D eigenvalue weighted by atomic mass is 16.7. The molecule has 2 aliphatic rings. The Balaban J connectivity index is 2.30. The van der Waals surface area contributed by atoms with Crippen LogP contribution < -0.4 is 0 Å². The van der Waals surface area contributed by atoms with Gasteiger partial charge in [-0.2, -0.15) is 0 Å². The molecule has 2 heterocycles. The van der Waals surface area contributed by atoms with Crippen molar-refractivity contribution in [1.29, 1.82) is 0 Å². The summed E-state index contributed by atoms with van der Waals surface area (Å²) in [7, 11) is 0. The predicted octanol–water partition coefficient (Wildman–Crippen LogP) is 0.970. The van der Waals surface area contributed by atoms with Gasteiger partial charge >= 0.3 is 5.97 Å². The van der Waals surface area contributed by atoms with Crippen LogP contribution in [0.25, 0.3) is 0 Å². The standard InChI is InChI=1S/C9H12O4/c1-9(2)12-7-3-4-11-5-6(7)8(10)13-9/h3-5H2,1-2H3. The fraction of sp³-hybridized carbons (Fsp3) is 0.667. The van der Waals surface area contributed by atoms with Gasteiger partial charge in [0.15, 0.2) is 0 Å². The zero-order valence-corrected chi connectivity index (χ0v) is 7.75. The van der Waals surface area contributed by atoms with Crippen molar-refractivity contribution in [1.82, 2.24) is 0 Å². The summed E-state index contributed by atoms with van der Waals surface area (Å²) in [6.45, 7) is 4.38. The van der Waals surface area contributed by atoms with E-state index in [1.54, 1.807) is 13.8 Å². The van der Waals surface area contributed by atoms with Gasteiger partial charge in [-0.05, 0) is 0 Å². The molecule has 0 bridgehead atoms. The van der Waals surface area contributed by atoms with Gasteiger partial charge in [0.05, 0.1) is 13.2 Å². The minimum Gasteiger partial charge on any atom is -0.456 e. The fourth-order valence-electron chi connectivity index (χ4n) is 1.46. The van der Waals surface area contributed by atoms with E-state index in [4.69, 9.17) is 14.2 Å². The van der Waals surface area contributed by atoms with Gasteiger partial charge in [0.2, 0.25) is 5.79 Å². The SMILES string of the molecule is CC1(C)OC(=O)C2=C(CCOC2)O1. The van der Waals surface area contributed by atoms with Crippen LogP contribution in [0.5, 0.6) is 0 Å². The van der Waals surface area contributed by atoms with E-state index in [9.17, 15) is 4.79 Å². The Labute approximate surface area is 76.5 Å². The predicted molar refractivity (Wildman–Crippen MR) is 43.7 cm³/mol. The van der Waals surface area contributed by atoms with E-state index in [2.05, 4.69) is 0 Å². The minimum atomic E-state index is -0.826. The molecule has 0 aromatic carbocycles. The lowest BCUT2D eigenvalue weighted by atomic mass is 10.1. The molecule has 4 heteroatoms. The van der Waals surface area contributed by atoms with Crippen LogP contribution in [0.1, 0.15) is 20.3 Å². The molecule has 0 aromatic heterocycles. The highest BCUT2D eigenvalue weighted by molar-refractivity contribution is 5.90. The maximum atomic E-state index is 11.4. The zero-order valence-electron chi connectivity index (χ0n) is 7.75. The van der Waals surface area contributed by atoms with Crippen LogP contribution in [0, 0.1) is 0 Å². The first-order chi connectivity index (χ1) is 6.08. The monoisotopic (exact) mass is 184 g/mol. The van der Waals surface area contributed by atoms with Crippen LogP contribution in [-0.4, -0.2) is 25.0 Å². The third-order valence-electron chi connectivity index (χ3n) is 2.01. The molecule has 0 radical (unpaired) electrons. The number of cyclic esters (lactones) is 1. The largest absolute Gasteiger partial charge is 0.456 e. The van der Waals surface area contributed by atoms with Crippen molar-refractivity contribution in [2.24, 2.45) is 0 Å². The molecule has 0 saturated carbocycles. The smallest absolute Gasteiger partial charge is 0.343 e. The quantitative estimate of drug-likeness (QED) is 0.526. The molecule has 0 unspecified atom stereocenters. The molecular formula is C9H12O4. The summed E-state index contributed by atoms with van der Waals surface area (Å²) in [5, 5.41) is 0. The molecule has 0 N–H and O–H groups in total. The van der Waals surface area contributed by atoms with Crippen LogP contribution in [0.15, 0.2) is 11.3 Å². The summed E-state index contributed by atoms with van der Waals surface area (Å²) in [6, 6.07) is 0. The number of rotatable bonds is 0. The Hall–Kier alpha value is -1.03. The maximum Gasteiger partial charge on any atom is 0.343 e. The maximum absolute atomic E-state index is 11.4. The normalized spacial score (nSPS) is 26.2. The van der Waals surface area contributed by atoms with Gasteiger partial charge < -0.3 is 14.2 Å². The second-order valence-electron chi connectivity index (χ2n) is 3.60. The lowest BCUT2D eigenvalue weighted by Gasteiger charge is -2.35. The van der Waals surface area contributed by atoms with Gasteiger partial charge in [0.25, 0.3) is 0 Å². The highest BCUT2D eigenvalue weighted by Crippen LogP contribution is 2.30. The molecule has 0 aliphatic carbocycles. The molecule has 0 amide bonds. The third-order valence-corrected chi connectivity index (χ3v) is 2.01. The second kappa shape index (κ2) is 2.73. The molecule has 4 nitrogen and oxygen atoms in total. The number of hydrogen-bond acceptors (Lipinski definition) is 4. The van der Waals surface area contributed by atoms with Crippen molar-refractivity contribution < 1.29 is 19.0 Å². The van der Waals surface area contributed by atoms with E-state index in [1.165, 1.54) is 0 Å². The molecule has 2 aliphatic heterocycles. The lowest BCUT2D eigenvalue weighted by molar-refractivity contribution is -0.212. The van der Waals surface area contributed by atoms with E-state index < -0.39 is 5.79 Å². The first kappa shape index (κ1) is 8.56. The Morgan fingerprint density at radius 1 is 1.31 bits per heavy atom. The average molecular weight is 184 g/mol. The second-order valence-corrected chi connectivity index (χ2v) is 3.60. The zero-order chi connectivity index (χ0) is 9.47. The number of carbonyl (C=O) groups excluding carboxylic acids is 1. The summed E-state index contributed by atoms with van der Waals surface area (Å²) < 4.78 is 15.7. The van der Waals surface area contributed by atoms with Crippen LogP contribution in [0.3, 0.4) is 0 Å². The molecule has 0 atom stereocenters. The Morgan fingerprint density at radius 3 is 2.85 bits per heavy atom. The van der Waals surface area contributed by atoms with Gasteiger partial charge in [-0.25, -0.2) is 4.79 Å². The Kier molecular flexibility index (Phi) is 1.80. The van der Waals surface area contributed by atoms with E-state index >= 15 is 0 Å². The molecule has 72 valence electrons. The van der Waals surface area contributed by atoms with Crippen molar-refractivity contribution in [2.45, 2.75) is 26.1 Å². The molecule has 0 saturated heterocycles. The summed E-state index contributed by atoms with van der Waals surface area (Å²) in [5.41, 5.74) is 0.533. The first-order valence-corrected chi connectivity index (χ1v) is 4.31. The van der Waals surface area contributed by atoms with E-state index in [-0.39, 0.29) is 5.97 Å². The number of esters is 1. The van der Waals surface area contributed by atoms with E-state index in [1.807, 2.05) is 0 Å². The summed E-state index contributed by atoms with van der Waals surface area (Å²) >= 11 is 0. The van der Waals surface area contributed by atoms with Crippen molar-refractivity contribution in [3.8, 4) is 0 Å². The van der Waals surface area contributed by atoms with Gasteiger partial charge in [-0.1, -0.05) is 0 Å². The molecular weight excluding hydrogens is 172 g/mol. The lowest BCUT2D eigenvalue weighted by Crippen LogP contribution is -2.39. The molecule has 0 spiro atoms. The Bertz CT molecular complexity index is 277. The van der Waals surface area contributed by atoms with Crippen molar-refractivity contribution in [3.05, 3.63) is 11.3 Å². The first-order valence-electron chi connectivity index (χ1n) is 4.31. The molecule has 13 heavy (non-hydrogen) atoms. The van der Waals surface area contributed by atoms with Crippen LogP contribution in [0.2, 0.25) is 0 Å². The molecule has 0 fully saturated rings. The fourth-order valence-corrected chi connectivity index (χ4v) is 1.46. The van der Waals surface area contributed by atoms with Gasteiger partial charge in [0.1, 0.15) is 11.3 Å². The highest BCUT2D eigenvalue weighted by Gasteiger charge is 2.36. The Morgan fingerprint density at radius 2 is 2.08 bits per heavy atom. The number of ether oxygens (including phenoxy) is 3. The van der Waals surface area contributed by atoms with Gasteiger partial charge in [0, 0.05) is 20.3 Å². The van der Waals surface area contributed by atoms with E-state index in [0.29, 0.717) is 25.2 Å². The van der Waals surface area contributed by atoms with Crippen LogP contribution in [0.4, 0.5) is 0 Å². The minimum absolute atomic E-state index is 0.310. The van der Waals surface area contributed by atoms with Gasteiger partial charge in [-0.3, -0.25) is 0 Å². The average Bonchev–Trinajstić information content (AvgIpc) is 2.02. The molecule has 2 rings (SSSR count). The third kappa shape index (κ3) is 1.54. The topological polar surface area (TPSA) is 44.8 Å². The number of hydrogen-bond donors (Lipinski definition) is 0. The van der Waals surface area contributed by atoms with Crippen molar-refractivity contribution >= 4 is 5.97 Å². The van der Waals surface area contributed by atoms with E-state index in [0.717, 1.165) is 5.76 Å². The molecule has 0 aromatic rings. The van der Waals surface area contributed by atoms with Crippen LogP contribution in [-0.2, 0) is 19.0 Å². The summed E-state index contributed by atoms with van der Waals surface area (Å²) in [5.74, 6) is -0.411. The van der Waals surface area contributed by atoms with Crippen LogP contribution >= 0.6 is 0 Å². The summed E-state index contributed by atoms with van der Waals surface area (Å²) in [4.78, 5) is 11.4.